The summed E-state index contributed by atoms with van der Waals surface area (Å²) in [7, 11) is 0. The zero-order valence-electron chi connectivity index (χ0n) is 12.8. The standard InChI is InChI=1S/C19H22N2O/c20-18(13-6-2-1-3-7-13)16-12-14-8-4-5-9-17(14)21(19(16)22)15-10-11-15/h1-3,6-7,12,15,18H,4-5,8-11,20H2. The molecule has 2 aromatic rings. The van der Waals surface area contributed by atoms with E-state index in [4.69, 9.17) is 5.73 Å². The molecule has 0 spiro atoms. The van der Waals surface area contributed by atoms with Crippen LogP contribution in [0.2, 0.25) is 0 Å². The van der Waals surface area contributed by atoms with Crippen molar-refractivity contribution in [3.05, 3.63) is 69.1 Å². The van der Waals surface area contributed by atoms with Gasteiger partial charge < -0.3 is 10.3 Å². The summed E-state index contributed by atoms with van der Waals surface area (Å²) in [5.74, 6) is 0. The molecule has 3 heteroatoms. The fourth-order valence-corrected chi connectivity index (χ4v) is 3.64. The normalized spacial score (nSPS) is 18.8. The molecule has 4 rings (SSSR count). The van der Waals surface area contributed by atoms with Gasteiger partial charge in [0, 0.05) is 17.3 Å². The van der Waals surface area contributed by atoms with Crippen molar-refractivity contribution < 1.29 is 0 Å². The van der Waals surface area contributed by atoms with E-state index >= 15 is 0 Å². The molecule has 114 valence electrons. The maximum absolute atomic E-state index is 13.0. The van der Waals surface area contributed by atoms with Gasteiger partial charge in [-0.2, -0.15) is 0 Å². The Morgan fingerprint density at radius 1 is 1.09 bits per heavy atom. The van der Waals surface area contributed by atoms with Crippen molar-refractivity contribution in [2.75, 3.05) is 0 Å². The van der Waals surface area contributed by atoms with Gasteiger partial charge in [0.05, 0.1) is 6.04 Å². The predicted octanol–water partition coefficient (Wildman–Crippen LogP) is 3.11. The number of rotatable bonds is 3. The van der Waals surface area contributed by atoms with E-state index in [9.17, 15) is 4.79 Å². The Morgan fingerprint density at radius 2 is 1.82 bits per heavy atom. The van der Waals surface area contributed by atoms with E-state index in [1.165, 1.54) is 24.1 Å². The van der Waals surface area contributed by atoms with Gasteiger partial charge in [-0.3, -0.25) is 4.79 Å². The van der Waals surface area contributed by atoms with Crippen molar-refractivity contribution in [1.29, 1.82) is 0 Å². The largest absolute Gasteiger partial charge is 0.320 e. The summed E-state index contributed by atoms with van der Waals surface area (Å²) in [6.07, 6.45) is 6.81. The summed E-state index contributed by atoms with van der Waals surface area (Å²) in [6.45, 7) is 0. The van der Waals surface area contributed by atoms with Crippen LogP contribution < -0.4 is 11.3 Å². The summed E-state index contributed by atoms with van der Waals surface area (Å²) in [4.78, 5) is 13.0. The highest BCUT2D eigenvalue weighted by atomic mass is 16.1. The van der Waals surface area contributed by atoms with Crippen LogP contribution in [-0.4, -0.2) is 4.57 Å². The Bertz CT molecular complexity index is 744. The molecule has 0 amide bonds. The van der Waals surface area contributed by atoms with Crippen LogP contribution in [0.25, 0.3) is 0 Å². The molecule has 1 aromatic carbocycles. The van der Waals surface area contributed by atoms with Crippen molar-refractivity contribution in [1.82, 2.24) is 4.57 Å². The van der Waals surface area contributed by atoms with E-state index in [2.05, 4.69) is 10.6 Å². The molecule has 1 atom stereocenters. The number of benzene rings is 1. The average Bonchev–Trinajstić information content (AvgIpc) is 3.39. The van der Waals surface area contributed by atoms with Gasteiger partial charge in [0.25, 0.3) is 5.56 Å². The van der Waals surface area contributed by atoms with Crippen molar-refractivity contribution in [3.8, 4) is 0 Å². The summed E-state index contributed by atoms with van der Waals surface area (Å²) in [5, 5.41) is 0. The Morgan fingerprint density at radius 3 is 2.55 bits per heavy atom. The minimum atomic E-state index is -0.328. The first-order valence-corrected chi connectivity index (χ1v) is 8.33. The van der Waals surface area contributed by atoms with E-state index in [1.54, 1.807) is 0 Å². The monoisotopic (exact) mass is 294 g/mol. The fraction of sp³-hybridized carbons (Fsp3) is 0.421. The molecule has 1 saturated carbocycles. The molecule has 1 aromatic heterocycles. The Labute approximate surface area is 130 Å². The molecule has 22 heavy (non-hydrogen) atoms. The minimum absolute atomic E-state index is 0.138. The van der Waals surface area contributed by atoms with Gasteiger partial charge in [-0.25, -0.2) is 0 Å². The molecule has 2 aliphatic rings. The molecule has 1 heterocycles. The number of pyridine rings is 1. The van der Waals surface area contributed by atoms with E-state index in [0.29, 0.717) is 6.04 Å². The van der Waals surface area contributed by atoms with Gasteiger partial charge in [-0.05, 0) is 55.7 Å². The Kier molecular flexibility index (Phi) is 3.38. The summed E-state index contributed by atoms with van der Waals surface area (Å²) < 4.78 is 2.08. The molecule has 2 aliphatic carbocycles. The zero-order chi connectivity index (χ0) is 15.1. The maximum atomic E-state index is 13.0. The molecule has 3 nitrogen and oxygen atoms in total. The lowest BCUT2D eigenvalue weighted by atomic mass is 9.91. The number of hydrogen-bond donors (Lipinski definition) is 1. The second kappa shape index (κ2) is 5.40. The summed E-state index contributed by atoms with van der Waals surface area (Å²) in [5.41, 5.74) is 11.0. The van der Waals surface area contributed by atoms with Crippen LogP contribution in [0.15, 0.2) is 41.2 Å². The molecule has 0 aliphatic heterocycles. The second-order valence-electron chi connectivity index (χ2n) is 6.57. The Balaban J connectivity index is 1.86. The van der Waals surface area contributed by atoms with Gasteiger partial charge in [-0.1, -0.05) is 30.3 Å². The second-order valence-corrected chi connectivity index (χ2v) is 6.57. The third-order valence-electron chi connectivity index (χ3n) is 4.97. The maximum Gasteiger partial charge on any atom is 0.256 e. The van der Waals surface area contributed by atoms with E-state index in [1.807, 2.05) is 30.3 Å². The van der Waals surface area contributed by atoms with Crippen LogP contribution in [0.5, 0.6) is 0 Å². The quantitative estimate of drug-likeness (QED) is 0.945. The van der Waals surface area contributed by atoms with Crippen LogP contribution in [0.1, 0.15) is 60.2 Å². The molecule has 0 radical (unpaired) electrons. The number of nitrogens with two attached hydrogens (primary N) is 1. The van der Waals surface area contributed by atoms with E-state index in [-0.39, 0.29) is 11.6 Å². The van der Waals surface area contributed by atoms with Gasteiger partial charge in [0.2, 0.25) is 0 Å². The highest BCUT2D eigenvalue weighted by Crippen LogP contribution is 2.37. The highest BCUT2D eigenvalue weighted by molar-refractivity contribution is 5.36. The smallest absolute Gasteiger partial charge is 0.256 e. The van der Waals surface area contributed by atoms with Crippen LogP contribution in [0, 0.1) is 0 Å². The Hall–Kier alpha value is -1.87. The molecule has 1 fully saturated rings. The van der Waals surface area contributed by atoms with Crippen molar-refractivity contribution in [2.24, 2.45) is 5.73 Å². The lowest BCUT2D eigenvalue weighted by molar-refractivity contribution is 0.574. The number of fused-ring (bicyclic) bond motifs is 1. The first-order valence-electron chi connectivity index (χ1n) is 8.33. The van der Waals surface area contributed by atoms with Crippen LogP contribution in [0.3, 0.4) is 0 Å². The number of aryl methyl sites for hydroxylation is 1. The minimum Gasteiger partial charge on any atom is -0.320 e. The molecular formula is C19H22N2O. The lowest BCUT2D eigenvalue weighted by Crippen LogP contribution is -2.32. The SMILES string of the molecule is NC(c1ccccc1)c1cc2c(n(C3CC3)c1=O)CCCC2. The van der Waals surface area contributed by atoms with Gasteiger partial charge >= 0.3 is 0 Å². The molecule has 2 N–H and O–H groups in total. The lowest BCUT2D eigenvalue weighted by Gasteiger charge is -2.24. The summed E-state index contributed by atoms with van der Waals surface area (Å²) in [6, 6.07) is 12.1. The van der Waals surface area contributed by atoms with Crippen LogP contribution >= 0.6 is 0 Å². The van der Waals surface area contributed by atoms with Gasteiger partial charge in [-0.15, -0.1) is 0 Å². The number of aromatic nitrogens is 1. The number of nitrogens with zero attached hydrogens (tertiary/aromatic N) is 1. The molecule has 0 saturated heterocycles. The molecule has 1 unspecified atom stereocenters. The average molecular weight is 294 g/mol. The van der Waals surface area contributed by atoms with Crippen LogP contribution in [-0.2, 0) is 12.8 Å². The fourth-order valence-electron chi connectivity index (χ4n) is 3.64. The highest BCUT2D eigenvalue weighted by Gasteiger charge is 2.30. The van der Waals surface area contributed by atoms with E-state index < -0.39 is 0 Å². The zero-order valence-corrected chi connectivity index (χ0v) is 12.8. The number of hydrogen-bond acceptors (Lipinski definition) is 2. The first kappa shape index (κ1) is 13.8. The van der Waals surface area contributed by atoms with Gasteiger partial charge in [0.1, 0.15) is 0 Å². The predicted molar refractivity (Wildman–Crippen MR) is 88.1 cm³/mol. The third-order valence-corrected chi connectivity index (χ3v) is 4.97. The van der Waals surface area contributed by atoms with Crippen molar-refractivity contribution >= 4 is 0 Å². The third kappa shape index (κ3) is 2.30. The first-order chi connectivity index (χ1) is 10.8. The van der Waals surface area contributed by atoms with Crippen LogP contribution in [0.4, 0.5) is 0 Å². The summed E-state index contributed by atoms with van der Waals surface area (Å²) >= 11 is 0. The van der Waals surface area contributed by atoms with E-state index in [0.717, 1.165) is 36.8 Å². The van der Waals surface area contributed by atoms with Crippen molar-refractivity contribution in [3.63, 3.8) is 0 Å². The molecule has 0 bridgehead atoms. The van der Waals surface area contributed by atoms with Crippen molar-refractivity contribution in [2.45, 2.75) is 50.6 Å². The molecular weight excluding hydrogens is 272 g/mol. The van der Waals surface area contributed by atoms with Gasteiger partial charge in [0.15, 0.2) is 0 Å². The topological polar surface area (TPSA) is 48.0 Å².